The van der Waals surface area contributed by atoms with E-state index in [4.69, 9.17) is 0 Å². The molecule has 0 aromatic heterocycles. The van der Waals surface area contributed by atoms with Crippen LogP contribution in [-0.4, -0.2) is 5.91 Å². The van der Waals surface area contributed by atoms with E-state index >= 15 is 0 Å². The fourth-order valence-electron chi connectivity index (χ4n) is 3.72. The number of halogens is 1. The molecule has 0 spiro atoms. The number of benzene rings is 2. The van der Waals surface area contributed by atoms with E-state index in [-0.39, 0.29) is 28.8 Å². The van der Waals surface area contributed by atoms with Crippen LogP contribution in [0.1, 0.15) is 63.3 Å². The van der Waals surface area contributed by atoms with Crippen molar-refractivity contribution in [2.24, 2.45) is 0 Å². The second-order valence-corrected chi connectivity index (χ2v) is 9.00. The zero-order chi connectivity index (χ0) is 19.1. The van der Waals surface area contributed by atoms with Crippen LogP contribution in [0.4, 0.5) is 10.1 Å². The lowest BCUT2D eigenvalue weighted by Gasteiger charge is -2.26. The van der Waals surface area contributed by atoms with Gasteiger partial charge in [0.25, 0.3) is 0 Å². The minimum absolute atomic E-state index is 0.0183. The Hall–Kier alpha value is -2.16. The van der Waals surface area contributed by atoms with Gasteiger partial charge in [-0.2, -0.15) is 0 Å². The van der Waals surface area contributed by atoms with Crippen LogP contribution in [0.15, 0.2) is 36.4 Å². The number of rotatable bonds is 3. The lowest BCUT2D eigenvalue weighted by atomic mass is 9.79. The van der Waals surface area contributed by atoms with Crippen molar-refractivity contribution < 1.29 is 9.18 Å². The third-order valence-electron chi connectivity index (χ3n) is 5.44. The molecule has 138 valence electrons. The molecule has 0 fully saturated rings. The molecule has 3 heteroatoms. The lowest BCUT2D eigenvalue weighted by Crippen LogP contribution is -2.20. The van der Waals surface area contributed by atoms with Gasteiger partial charge in [-0.05, 0) is 58.1 Å². The van der Waals surface area contributed by atoms with Crippen LogP contribution in [0.5, 0.6) is 0 Å². The van der Waals surface area contributed by atoms with Gasteiger partial charge in [0.15, 0.2) is 0 Å². The quantitative estimate of drug-likeness (QED) is 0.772. The highest BCUT2D eigenvalue weighted by Crippen LogP contribution is 2.42. The van der Waals surface area contributed by atoms with Crippen LogP contribution >= 0.6 is 0 Å². The fourth-order valence-corrected chi connectivity index (χ4v) is 3.72. The van der Waals surface area contributed by atoms with E-state index in [1.807, 2.05) is 0 Å². The average Bonchev–Trinajstić information content (AvgIpc) is 2.84. The molecule has 0 bridgehead atoms. The second-order valence-electron chi connectivity index (χ2n) is 9.00. The standard InChI is InChI=1S/C23H28FNO/c1-22(2,3)16-12-15(17-10-11-23(4,5)18(17)14-16)13-21(26)25-20-9-7-6-8-19(20)24/h6-9,12,14H,10-11,13H2,1-5H3,(H,25,26). The van der Waals surface area contributed by atoms with Gasteiger partial charge in [0, 0.05) is 0 Å². The molecule has 0 aliphatic heterocycles. The Labute approximate surface area is 155 Å². The summed E-state index contributed by atoms with van der Waals surface area (Å²) in [5.74, 6) is -0.580. The summed E-state index contributed by atoms with van der Waals surface area (Å²) in [7, 11) is 0. The number of hydrogen-bond donors (Lipinski definition) is 1. The molecule has 1 aliphatic carbocycles. The SMILES string of the molecule is CC(C)(C)c1cc(CC(=O)Nc2ccccc2F)c2c(c1)C(C)(C)CC2. The van der Waals surface area contributed by atoms with Crippen molar-refractivity contribution in [1.82, 2.24) is 0 Å². The number of fused-ring (bicyclic) bond motifs is 1. The van der Waals surface area contributed by atoms with Gasteiger partial charge in [-0.1, -0.05) is 58.9 Å². The van der Waals surface area contributed by atoms with Crippen molar-refractivity contribution in [2.75, 3.05) is 5.32 Å². The van der Waals surface area contributed by atoms with Gasteiger partial charge in [0.05, 0.1) is 12.1 Å². The molecule has 0 saturated carbocycles. The van der Waals surface area contributed by atoms with Gasteiger partial charge in [-0.3, -0.25) is 4.79 Å². The Bertz CT molecular complexity index is 846. The van der Waals surface area contributed by atoms with E-state index in [0.717, 1.165) is 18.4 Å². The highest BCUT2D eigenvalue weighted by Gasteiger charge is 2.33. The summed E-state index contributed by atoms with van der Waals surface area (Å²) >= 11 is 0. The fraction of sp³-hybridized carbons (Fsp3) is 0.435. The predicted molar refractivity (Wildman–Crippen MR) is 105 cm³/mol. The van der Waals surface area contributed by atoms with Crippen molar-refractivity contribution in [2.45, 2.75) is 64.7 Å². The average molecular weight is 353 g/mol. The first kappa shape index (κ1) is 18.6. The normalized spacial score (nSPS) is 15.6. The molecule has 0 saturated heterocycles. The monoisotopic (exact) mass is 353 g/mol. The smallest absolute Gasteiger partial charge is 0.228 e. The van der Waals surface area contributed by atoms with Crippen molar-refractivity contribution in [3.63, 3.8) is 0 Å². The highest BCUT2D eigenvalue weighted by molar-refractivity contribution is 5.92. The van der Waals surface area contributed by atoms with E-state index in [1.165, 1.54) is 22.8 Å². The van der Waals surface area contributed by atoms with Crippen LogP contribution in [0.25, 0.3) is 0 Å². The minimum atomic E-state index is -0.407. The molecule has 2 aromatic carbocycles. The first-order valence-corrected chi connectivity index (χ1v) is 9.29. The molecule has 1 N–H and O–H groups in total. The van der Waals surface area contributed by atoms with E-state index in [9.17, 15) is 9.18 Å². The van der Waals surface area contributed by atoms with Crippen molar-refractivity contribution in [3.8, 4) is 0 Å². The molecule has 2 aromatic rings. The van der Waals surface area contributed by atoms with E-state index in [1.54, 1.807) is 18.2 Å². The molecule has 2 nitrogen and oxygen atoms in total. The Morgan fingerprint density at radius 3 is 2.54 bits per heavy atom. The van der Waals surface area contributed by atoms with Crippen molar-refractivity contribution in [1.29, 1.82) is 0 Å². The summed E-state index contributed by atoms with van der Waals surface area (Å²) in [6, 6.07) is 10.8. The summed E-state index contributed by atoms with van der Waals surface area (Å²) in [5, 5.41) is 2.71. The molecule has 0 heterocycles. The molecule has 1 amide bonds. The third-order valence-corrected chi connectivity index (χ3v) is 5.44. The molecule has 0 unspecified atom stereocenters. The van der Waals surface area contributed by atoms with Gasteiger partial charge >= 0.3 is 0 Å². The zero-order valence-electron chi connectivity index (χ0n) is 16.4. The topological polar surface area (TPSA) is 29.1 Å². The number of hydrogen-bond acceptors (Lipinski definition) is 1. The molecule has 1 aliphatic rings. The summed E-state index contributed by atoms with van der Waals surface area (Å²) in [6.45, 7) is 11.1. The van der Waals surface area contributed by atoms with E-state index in [2.05, 4.69) is 52.1 Å². The molecule has 0 radical (unpaired) electrons. The van der Waals surface area contributed by atoms with Crippen LogP contribution in [0.3, 0.4) is 0 Å². The zero-order valence-corrected chi connectivity index (χ0v) is 16.4. The number of para-hydroxylation sites is 1. The maximum atomic E-state index is 13.8. The molecule has 26 heavy (non-hydrogen) atoms. The Morgan fingerprint density at radius 1 is 1.19 bits per heavy atom. The van der Waals surface area contributed by atoms with E-state index in [0.29, 0.717) is 0 Å². The number of anilines is 1. The third kappa shape index (κ3) is 3.67. The molecule has 3 rings (SSSR count). The van der Waals surface area contributed by atoms with Gasteiger partial charge < -0.3 is 5.32 Å². The maximum absolute atomic E-state index is 13.8. The van der Waals surface area contributed by atoms with Gasteiger partial charge in [0.1, 0.15) is 5.82 Å². The Morgan fingerprint density at radius 2 is 1.88 bits per heavy atom. The summed E-state index contributed by atoms with van der Waals surface area (Å²) < 4.78 is 13.8. The van der Waals surface area contributed by atoms with Crippen molar-refractivity contribution in [3.05, 3.63) is 64.5 Å². The maximum Gasteiger partial charge on any atom is 0.228 e. The number of amides is 1. The van der Waals surface area contributed by atoms with Crippen LogP contribution in [0, 0.1) is 5.82 Å². The number of carbonyl (C=O) groups excluding carboxylic acids is 1. The van der Waals surface area contributed by atoms with Crippen LogP contribution < -0.4 is 5.32 Å². The van der Waals surface area contributed by atoms with Crippen LogP contribution in [-0.2, 0) is 28.5 Å². The van der Waals surface area contributed by atoms with E-state index < -0.39 is 5.82 Å². The number of nitrogens with one attached hydrogen (secondary N) is 1. The Kier molecular flexibility index (Phi) is 4.68. The number of carbonyl (C=O) groups is 1. The lowest BCUT2D eigenvalue weighted by molar-refractivity contribution is -0.115. The summed E-state index contributed by atoms with van der Waals surface area (Å²) in [6.07, 6.45) is 2.36. The van der Waals surface area contributed by atoms with Gasteiger partial charge in [-0.15, -0.1) is 0 Å². The molecular formula is C23H28FNO. The van der Waals surface area contributed by atoms with Gasteiger partial charge in [-0.25, -0.2) is 4.39 Å². The van der Waals surface area contributed by atoms with Gasteiger partial charge in [0.2, 0.25) is 5.91 Å². The minimum Gasteiger partial charge on any atom is -0.323 e. The Balaban J connectivity index is 1.93. The largest absolute Gasteiger partial charge is 0.323 e. The first-order chi connectivity index (χ1) is 12.1. The predicted octanol–water partition coefficient (Wildman–Crippen LogP) is 5.53. The van der Waals surface area contributed by atoms with Crippen LogP contribution in [0.2, 0.25) is 0 Å². The second kappa shape index (κ2) is 6.53. The summed E-state index contributed by atoms with van der Waals surface area (Å²) in [4.78, 5) is 12.6. The highest BCUT2D eigenvalue weighted by atomic mass is 19.1. The van der Waals surface area contributed by atoms with Crippen molar-refractivity contribution >= 4 is 11.6 Å². The molecular weight excluding hydrogens is 325 g/mol. The first-order valence-electron chi connectivity index (χ1n) is 9.29. The summed E-state index contributed by atoms with van der Waals surface area (Å²) in [5.41, 5.74) is 5.37. The molecule has 0 atom stereocenters.